The topological polar surface area (TPSA) is 60.9 Å². The lowest BCUT2D eigenvalue weighted by molar-refractivity contribution is -0.140. The molecular formula is C11H18N2O3. The van der Waals surface area contributed by atoms with Crippen LogP contribution in [-0.2, 0) is 9.59 Å². The number of hydrogen-bond acceptors (Lipinski definition) is 3. The lowest BCUT2D eigenvalue weighted by atomic mass is 9.96. The molecule has 16 heavy (non-hydrogen) atoms. The minimum absolute atomic E-state index is 0.200. The molecule has 0 unspecified atom stereocenters. The van der Waals surface area contributed by atoms with Crippen molar-refractivity contribution >= 4 is 11.9 Å². The van der Waals surface area contributed by atoms with E-state index in [4.69, 9.17) is 5.11 Å². The third-order valence-electron chi connectivity index (χ3n) is 3.31. The Hall–Kier alpha value is -1.10. The highest BCUT2D eigenvalue weighted by molar-refractivity contribution is 5.78. The van der Waals surface area contributed by atoms with Crippen molar-refractivity contribution in [3.8, 4) is 0 Å². The second-order valence-electron chi connectivity index (χ2n) is 4.75. The van der Waals surface area contributed by atoms with Crippen molar-refractivity contribution in [1.82, 2.24) is 9.80 Å². The van der Waals surface area contributed by atoms with E-state index in [0.717, 1.165) is 39.0 Å². The zero-order valence-corrected chi connectivity index (χ0v) is 9.39. The Kier molecular flexibility index (Phi) is 3.43. The van der Waals surface area contributed by atoms with Crippen molar-refractivity contribution < 1.29 is 14.7 Å². The predicted octanol–water partition coefficient (Wildman–Crippen LogP) is 0.0153. The van der Waals surface area contributed by atoms with E-state index in [9.17, 15) is 9.59 Å². The molecule has 0 aromatic rings. The van der Waals surface area contributed by atoms with Gasteiger partial charge in [0.2, 0.25) is 5.91 Å². The van der Waals surface area contributed by atoms with E-state index in [1.165, 1.54) is 0 Å². The van der Waals surface area contributed by atoms with Crippen LogP contribution in [0.3, 0.4) is 0 Å². The van der Waals surface area contributed by atoms with Crippen LogP contribution in [0.25, 0.3) is 0 Å². The SMILES string of the molecule is O=C(O)CC1CN(CC(=O)N2CCCC2)C1. The minimum atomic E-state index is -0.740. The van der Waals surface area contributed by atoms with Gasteiger partial charge < -0.3 is 10.0 Å². The molecule has 0 bridgehead atoms. The number of amides is 1. The summed E-state index contributed by atoms with van der Waals surface area (Å²) in [4.78, 5) is 26.1. The van der Waals surface area contributed by atoms with Crippen LogP contribution in [0.4, 0.5) is 0 Å². The molecule has 2 fully saturated rings. The summed E-state index contributed by atoms with van der Waals surface area (Å²) < 4.78 is 0. The van der Waals surface area contributed by atoms with Gasteiger partial charge in [0.25, 0.3) is 0 Å². The van der Waals surface area contributed by atoms with E-state index < -0.39 is 5.97 Å². The van der Waals surface area contributed by atoms with Crippen molar-refractivity contribution in [3.05, 3.63) is 0 Å². The van der Waals surface area contributed by atoms with E-state index in [-0.39, 0.29) is 18.2 Å². The maximum Gasteiger partial charge on any atom is 0.303 e. The van der Waals surface area contributed by atoms with Crippen molar-refractivity contribution in [2.75, 3.05) is 32.7 Å². The van der Waals surface area contributed by atoms with Gasteiger partial charge in [-0.2, -0.15) is 0 Å². The average Bonchev–Trinajstić information content (AvgIpc) is 2.66. The Balaban J connectivity index is 1.65. The largest absolute Gasteiger partial charge is 0.481 e. The van der Waals surface area contributed by atoms with E-state index in [0.29, 0.717) is 6.54 Å². The lowest BCUT2D eigenvalue weighted by Gasteiger charge is -2.38. The number of carboxylic acids is 1. The lowest BCUT2D eigenvalue weighted by Crippen LogP contribution is -2.51. The molecule has 0 aromatic carbocycles. The molecule has 0 atom stereocenters. The summed E-state index contributed by atoms with van der Waals surface area (Å²) in [5, 5.41) is 8.60. The summed E-state index contributed by atoms with van der Waals surface area (Å²) in [6, 6.07) is 0. The van der Waals surface area contributed by atoms with Crippen LogP contribution in [0.1, 0.15) is 19.3 Å². The number of aliphatic carboxylic acids is 1. The molecule has 2 aliphatic heterocycles. The van der Waals surface area contributed by atoms with Gasteiger partial charge in [-0.25, -0.2) is 0 Å². The van der Waals surface area contributed by atoms with Crippen molar-refractivity contribution in [3.63, 3.8) is 0 Å². The monoisotopic (exact) mass is 226 g/mol. The fraction of sp³-hybridized carbons (Fsp3) is 0.818. The summed E-state index contributed by atoms with van der Waals surface area (Å²) in [6.07, 6.45) is 2.47. The van der Waals surface area contributed by atoms with Gasteiger partial charge >= 0.3 is 5.97 Å². The first-order chi connectivity index (χ1) is 7.65. The number of likely N-dealkylation sites (tertiary alicyclic amines) is 2. The molecule has 5 nitrogen and oxygen atoms in total. The zero-order valence-electron chi connectivity index (χ0n) is 9.39. The first-order valence-electron chi connectivity index (χ1n) is 5.87. The zero-order chi connectivity index (χ0) is 11.5. The summed E-state index contributed by atoms with van der Waals surface area (Å²) in [7, 11) is 0. The first kappa shape index (κ1) is 11.4. The van der Waals surface area contributed by atoms with Gasteiger partial charge in [0, 0.05) is 26.2 Å². The molecule has 0 spiro atoms. The van der Waals surface area contributed by atoms with Gasteiger partial charge in [0.05, 0.1) is 13.0 Å². The van der Waals surface area contributed by atoms with Crippen molar-refractivity contribution in [2.45, 2.75) is 19.3 Å². The predicted molar refractivity (Wildman–Crippen MR) is 58.0 cm³/mol. The highest BCUT2D eigenvalue weighted by atomic mass is 16.4. The van der Waals surface area contributed by atoms with Gasteiger partial charge in [-0.3, -0.25) is 14.5 Å². The smallest absolute Gasteiger partial charge is 0.303 e. The summed E-state index contributed by atoms with van der Waals surface area (Å²) in [5.74, 6) is -0.300. The normalized spacial score (nSPS) is 22.1. The number of carboxylic acid groups (broad SMARTS) is 1. The average molecular weight is 226 g/mol. The number of carbonyl (C=O) groups is 2. The van der Waals surface area contributed by atoms with Gasteiger partial charge in [-0.15, -0.1) is 0 Å². The van der Waals surface area contributed by atoms with Crippen LogP contribution in [-0.4, -0.2) is 59.5 Å². The van der Waals surface area contributed by atoms with Gasteiger partial charge in [0.1, 0.15) is 0 Å². The molecule has 2 rings (SSSR count). The van der Waals surface area contributed by atoms with Crippen molar-refractivity contribution in [2.24, 2.45) is 5.92 Å². The third kappa shape index (κ3) is 2.72. The first-order valence-corrected chi connectivity index (χ1v) is 5.87. The second-order valence-corrected chi connectivity index (χ2v) is 4.75. The van der Waals surface area contributed by atoms with Crippen LogP contribution in [0.2, 0.25) is 0 Å². The summed E-state index contributed by atoms with van der Waals surface area (Å²) >= 11 is 0. The molecule has 5 heteroatoms. The molecule has 2 saturated heterocycles. The fourth-order valence-corrected chi connectivity index (χ4v) is 2.44. The highest BCUT2D eigenvalue weighted by Crippen LogP contribution is 2.19. The fourth-order valence-electron chi connectivity index (χ4n) is 2.44. The van der Waals surface area contributed by atoms with Gasteiger partial charge in [0.15, 0.2) is 0 Å². The maximum absolute atomic E-state index is 11.7. The van der Waals surface area contributed by atoms with Crippen LogP contribution < -0.4 is 0 Å². The number of hydrogen-bond donors (Lipinski definition) is 1. The number of carbonyl (C=O) groups excluding carboxylic acids is 1. The second kappa shape index (κ2) is 4.82. The van der Waals surface area contributed by atoms with E-state index in [2.05, 4.69) is 0 Å². The third-order valence-corrected chi connectivity index (χ3v) is 3.31. The standard InChI is InChI=1S/C11H18N2O3/c14-10(13-3-1-2-4-13)8-12-6-9(7-12)5-11(15)16/h9H,1-8H2,(H,15,16). The Morgan fingerprint density at radius 1 is 1.19 bits per heavy atom. The van der Waals surface area contributed by atoms with Crippen LogP contribution in [0, 0.1) is 5.92 Å². The molecule has 90 valence electrons. The molecule has 2 aliphatic rings. The molecule has 1 N–H and O–H groups in total. The Morgan fingerprint density at radius 2 is 1.81 bits per heavy atom. The van der Waals surface area contributed by atoms with E-state index >= 15 is 0 Å². The molecular weight excluding hydrogens is 208 g/mol. The molecule has 0 aliphatic carbocycles. The number of rotatable bonds is 4. The molecule has 1 amide bonds. The van der Waals surface area contributed by atoms with Crippen molar-refractivity contribution in [1.29, 1.82) is 0 Å². The van der Waals surface area contributed by atoms with Gasteiger partial charge in [-0.1, -0.05) is 0 Å². The molecule has 0 aromatic heterocycles. The summed E-state index contributed by atoms with van der Waals surface area (Å²) in [5.41, 5.74) is 0. The highest BCUT2D eigenvalue weighted by Gasteiger charge is 2.31. The Labute approximate surface area is 95.0 Å². The quantitative estimate of drug-likeness (QED) is 0.734. The Bertz CT molecular complexity index is 281. The van der Waals surface area contributed by atoms with Crippen LogP contribution >= 0.6 is 0 Å². The Morgan fingerprint density at radius 3 is 2.38 bits per heavy atom. The molecule has 0 radical (unpaired) electrons. The summed E-state index contributed by atoms with van der Waals surface area (Å²) in [6.45, 7) is 3.77. The maximum atomic E-state index is 11.7. The van der Waals surface area contributed by atoms with E-state index in [1.54, 1.807) is 0 Å². The molecule has 0 saturated carbocycles. The number of nitrogens with zero attached hydrogens (tertiary/aromatic N) is 2. The van der Waals surface area contributed by atoms with Crippen LogP contribution in [0.15, 0.2) is 0 Å². The van der Waals surface area contributed by atoms with E-state index in [1.807, 2.05) is 9.80 Å². The van der Waals surface area contributed by atoms with Crippen LogP contribution in [0.5, 0.6) is 0 Å². The molecule has 2 heterocycles. The van der Waals surface area contributed by atoms with Gasteiger partial charge in [-0.05, 0) is 18.8 Å². The minimum Gasteiger partial charge on any atom is -0.481 e.